The molecule has 1 aliphatic heterocycles. The van der Waals surface area contributed by atoms with Gasteiger partial charge in [0.2, 0.25) is 0 Å². The molecule has 1 aromatic rings. The van der Waals surface area contributed by atoms with Gasteiger partial charge in [-0.3, -0.25) is 0 Å². The third kappa shape index (κ3) is 5.25. The van der Waals surface area contributed by atoms with Crippen molar-refractivity contribution < 1.29 is 19.1 Å². The first-order chi connectivity index (χ1) is 12.6. The Balaban J connectivity index is 2.17. The van der Waals surface area contributed by atoms with E-state index in [0.717, 1.165) is 31.2 Å². The molecule has 1 aromatic carbocycles. The molecule has 6 heteroatoms. The molecule has 26 heavy (non-hydrogen) atoms. The largest absolute Gasteiger partial charge is 0.494 e. The van der Waals surface area contributed by atoms with Crippen LogP contribution >= 0.6 is 0 Å². The zero-order valence-corrected chi connectivity index (χ0v) is 15.8. The van der Waals surface area contributed by atoms with E-state index in [1.165, 1.54) is 0 Å². The van der Waals surface area contributed by atoms with Crippen LogP contribution < -0.4 is 15.4 Å². The van der Waals surface area contributed by atoms with Crippen LogP contribution in [0.1, 0.15) is 58.1 Å². The third-order valence-corrected chi connectivity index (χ3v) is 4.22. The molecular formula is C20H28N2O4. The molecule has 1 unspecified atom stereocenters. The van der Waals surface area contributed by atoms with E-state index in [2.05, 4.69) is 17.6 Å². The number of rotatable bonds is 9. The first-order valence-corrected chi connectivity index (χ1v) is 9.25. The number of unbranched alkanes of at least 4 members (excludes halogenated alkanes) is 3. The van der Waals surface area contributed by atoms with Crippen LogP contribution in [0.4, 0.5) is 4.79 Å². The van der Waals surface area contributed by atoms with Crippen molar-refractivity contribution in [2.45, 2.75) is 52.5 Å². The first-order valence-electron chi connectivity index (χ1n) is 9.25. The van der Waals surface area contributed by atoms with E-state index in [1.54, 1.807) is 6.92 Å². The standard InChI is InChI=1S/C20H28N2O4/c1-4-6-7-8-12-26-19(23)17-14(3)21-20(24)22-18(17)15-10-9-11-16(13-15)25-5-2/h9-11,13,18H,4-8,12H2,1-3H3,(H2,21,22,24). The number of urea groups is 1. The molecule has 0 saturated carbocycles. The Morgan fingerprint density at radius 2 is 2.00 bits per heavy atom. The molecule has 0 aromatic heterocycles. The minimum Gasteiger partial charge on any atom is -0.494 e. The molecule has 0 spiro atoms. The zero-order chi connectivity index (χ0) is 18.9. The van der Waals surface area contributed by atoms with Crippen LogP contribution in [0.15, 0.2) is 35.5 Å². The van der Waals surface area contributed by atoms with Crippen molar-refractivity contribution in [3.63, 3.8) is 0 Å². The molecule has 0 aliphatic carbocycles. The fourth-order valence-corrected chi connectivity index (χ4v) is 2.94. The highest BCUT2D eigenvalue weighted by molar-refractivity contribution is 5.95. The van der Waals surface area contributed by atoms with Crippen molar-refractivity contribution in [1.82, 2.24) is 10.6 Å². The SMILES string of the molecule is CCCCCCOC(=O)C1=C(C)NC(=O)NC1c1cccc(OCC)c1. The predicted octanol–water partition coefficient (Wildman–Crippen LogP) is 3.84. The minimum absolute atomic E-state index is 0.339. The lowest BCUT2D eigenvalue weighted by Gasteiger charge is -2.28. The molecule has 1 atom stereocenters. The van der Waals surface area contributed by atoms with Gasteiger partial charge in [-0.05, 0) is 38.0 Å². The third-order valence-electron chi connectivity index (χ3n) is 4.22. The molecule has 2 N–H and O–H groups in total. The summed E-state index contributed by atoms with van der Waals surface area (Å²) in [7, 11) is 0. The van der Waals surface area contributed by atoms with Crippen LogP contribution in [-0.4, -0.2) is 25.2 Å². The molecule has 1 heterocycles. The summed E-state index contributed by atoms with van der Waals surface area (Å²) < 4.78 is 11.0. The first kappa shape index (κ1) is 19.8. The number of hydrogen-bond donors (Lipinski definition) is 2. The Kier molecular flexibility index (Phi) is 7.51. The zero-order valence-electron chi connectivity index (χ0n) is 15.8. The molecule has 1 aliphatic rings. The summed E-state index contributed by atoms with van der Waals surface area (Å²) >= 11 is 0. The number of carbonyl (C=O) groups is 2. The Morgan fingerprint density at radius 1 is 1.19 bits per heavy atom. The van der Waals surface area contributed by atoms with Gasteiger partial charge in [-0.15, -0.1) is 0 Å². The van der Waals surface area contributed by atoms with Crippen molar-refractivity contribution in [2.24, 2.45) is 0 Å². The number of benzene rings is 1. The van der Waals surface area contributed by atoms with E-state index < -0.39 is 12.0 Å². The van der Waals surface area contributed by atoms with Crippen molar-refractivity contribution in [1.29, 1.82) is 0 Å². The van der Waals surface area contributed by atoms with Crippen LogP contribution in [0, 0.1) is 0 Å². The minimum atomic E-state index is -0.563. The van der Waals surface area contributed by atoms with Gasteiger partial charge in [0.25, 0.3) is 0 Å². The summed E-state index contributed by atoms with van der Waals surface area (Å²) in [5.41, 5.74) is 1.72. The molecule has 0 fully saturated rings. The van der Waals surface area contributed by atoms with E-state index in [9.17, 15) is 9.59 Å². The highest BCUT2D eigenvalue weighted by Gasteiger charge is 2.32. The van der Waals surface area contributed by atoms with Gasteiger partial charge in [-0.2, -0.15) is 0 Å². The molecule has 0 radical (unpaired) electrons. The van der Waals surface area contributed by atoms with Gasteiger partial charge in [0, 0.05) is 5.70 Å². The Morgan fingerprint density at radius 3 is 2.73 bits per heavy atom. The molecule has 6 nitrogen and oxygen atoms in total. The summed E-state index contributed by atoms with van der Waals surface area (Å²) in [6, 6.07) is 6.49. The quantitative estimate of drug-likeness (QED) is 0.518. The van der Waals surface area contributed by atoms with Crippen LogP contribution in [0.2, 0.25) is 0 Å². The van der Waals surface area contributed by atoms with Gasteiger partial charge in [0.15, 0.2) is 0 Å². The maximum Gasteiger partial charge on any atom is 0.338 e. The summed E-state index contributed by atoms with van der Waals surface area (Å²) in [5.74, 6) is 0.293. The van der Waals surface area contributed by atoms with Crippen LogP contribution in [0.5, 0.6) is 5.75 Å². The summed E-state index contributed by atoms with van der Waals surface area (Å²) in [5, 5.41) is 5.47. The maximum absolute atomic E-state index is 12.6. The molecule has 2 amide bonds. The number of hydrogen-bond acceptors (Lipinski definition) is 4. The van der Waals surface area contributed by atoms with Gasteiger partial charge in [-0.25, -0.2) is 9.59 Å². The number of esters is 1. The number of carbonyl (C=O) groups excluding carboxylic acids is 2. The normalized spacial score (nSPS) is 16.7. The van der Waals surface area contributed by atoms with Gasteiger partial charge in [0.05, 0.1) is 24.8 Å². The van der Waals surface area contributed by atoms with Crippen molar-refractivity contribution in [3.8, 4) is 5.75 Å². The predicted molar refractivity (Wildman–Crippen MR) is 99.8 cm³/mol. The second-order valence-corrected chi connectivity index (χ2v) is 6.27. The second kappa shape index (κ2) is 9.85. The average molecular weight is 360 g/mol. The summed E-state index contributed by atoms with van der Waals surface area (Å²) in [4.78, 5) is 24.6. The van der Waals surface area contributed by atoms with Gasteiger partial charge >= 0.3 is 12.0 Å². The number of allylic oxidation sites excluding steroid dienone is 1. The van der Waals surface area contributed by atoms with Crippen LogP contribution in [-0.2, 0) is 9.53 Å². The van der Waals surface area contributed by atoms with Gasteiger partial charge < -0.3 is 20.1 Å². The Hall–Kier alpha value is -2.50. The van der Waals surface area contributed by atoms with Crippen molar-refractivity contribution in [2.75, 3.05) is 13.2 Å². The summed E-state index contributed by atoms with van der Waals surface area (Å²) in [6.07, 6.45) is 4.14. The lowest BCUT2D eigenvalue weighted by molar-refractivity contribution is -0.139. The average Bonchev–Trinajstić information content (AvgIpc) is 2.61. The topological polar surface area (TPSA) is 76.7 Å². The van der Waals surface area contributed by atoms with E-state index in [0.29, 0.717) is 30.2 Å². The fourth-order valence-electron chi connectivity index (χ4n) is 2.94. The Labute approximate surface area is 154 Å². The van der Waals surface area contributed by atoms with E-state index in [4.69, 9.17) is 9.47 Å². The smallest absolute Gasteiger partial charge is 0.338 e. The van der Waals surface area contributed by atoms with Crippen molar-refractivity contribution >= 4 is 12.0 Å². The lowest BCUT2D eigenvalue weighted by atomic mass is 9.95. The molecule has 142 valence electrons. The highest BCUT2D eigenvalue weighted by Crippen LogP contribution is 2.29. The van der Waals surface area contributed by atoms with Crippen molar-refractivity contribution in [3.05, 3.63) is 41.1 Å². The fraction of sp³-hybridized carbons (Fsp3) is 0.500. The summed E-state index contributed by atoms with van der Waals surface area (Å²) in [6.45, 7) is 6.69. The second-order valence-electron chi connectivity index (χ2n) is 6.27. The number of amides is 2. The van der Waals surface area contributed by atoms with E-state index in [1.807, 2.05) is 31.2 Å². The highest BCUT2D eigenvalue weighted by atomic mass is 16.5. The number of ether oxygens (including phenoxy) is 2. The van der Waals surface area contributed by atoms with E-state index >= 15 is 0 Å². The molecule has 0 bridgehead atoms. The lowest BCUT2D eigenvalue weighted by Crippen LogP contribution is -2.45. The van der Waals surface area contributed by atoms with Gasteiger partial charge in [-0.1, -0.05) is 38.3 Å². The Bertz CT molecular complexity index is 670. The van der Waals surface area contributed by atoms with Crippen LogP contribution in [0.3, 0.4) is 0 Å². The monoisotopic (exact) mass is 360 g/mol. The molecular weight excluding hydrogens is 332 g/mol. The van der Waals surface area contributed by atoms with Gasteiger partial charge in [0.1, 0.15) is 5.75 Å². The van der Waals surface area contributed by atoms with Crippen LogP contribution in [0.25, 0.3) is 0 Å². The number of nitrogens with one attached hydrogen (secondary N) is 2. The molecule has 2 rings (SSSR count). The van der Waals surface area contributed by atoms with E-state index in [-0.39, 0.29) is 6.03 Å². The molecule has 0 saturated heterocycles. The maximum atomic E-state index is 12.6.